The third-order valence-corrected chi connectivity index (χ3v) is 6.22. The number of benzene rings is 1. The Bertz CT molecular complexity index is 1290. The molecule has 1 aliphatic rings. The molecule has 1 N–H and O–H groups in total. The highest BCUT2D eigenvalue weighted by Crippen LogP contribution is 2.32. The number of carbonyl (C=O) groups excluding carboxylic acids is 1. The molecule has 0 saturated carbocycles. The number of amides is 1. The highest BCUT2D eigenvalue weighted by atomic mass is 16.2. The van der Waals surface area contributed by atoms with Crippen molar-refractivity contribution >= 4 is 5.91 Å². The van der Waals surface area contributed by atoms with Crippen LogP contribution in [0.1, 0.15) is 67.0 Å². The van der Waals surface area contributed by atoms with Crippen LogP contribution in [0.3, 0.4) is 0 Å². The van der Waals surface area contributed by atoms with E-state index in [0.29, 0.717) is 0 Å². The molecule has 8 heteroatoms. The normalized spacial score (nSPS) is 16.0. The van der Waals surface area contributed by atoms with Gasteiger partial charge in [0.1, 0.15) is 5.69 Å². The summed E-state index contributed by atoms with van der Waals surface area (Å²) < 4.78 is 4.11. The van der Waals surface area contributed by atoms with E-state index in [0.717, 1.165) is 40.8 Å². The van der Waals surface area contributed by atoms with Gasteiger partial charge >= 0.3 is 5.69 Å². The van der Waals surface area contributed by atoms with Crippen LogP contribution in [0, 0.1) is 0 Å². The van der Waals surface area contributed by atoms with E-state index < -0.39 is 17.2 Å². The summed E-state index contributed by atoms with van der Waals surface area (Å²) >= 11 is 0. The Morgan fingerprint density at radius 3 is 2.44 bits per heavy atom. The Labute approximate surface area is 186 Å². The summed E-state index contributed by atoms with van der Waals surface area (Å²) in [4.78, 5) is 37.1. The molecule has 0 aliphatic heterocycles. The first-order valence-electron chi connectivity index (χ1n) is 10.8. The van der Waals surface area contributed by atoms with Crippen molar-refractivity contribution in [2.75, 3.05) is 0 Å². The maximum Gasteiger partial charge on any atom is 0.331 e. The summed E-state index contributed by atoms with van der Waals surface area (Å²) in [5, 5.41) is 7.60. The third kappa shape index (κ3) is 3.81. The Kier molecular flexibility index (Phi) is 5.40. The molecule has 0 radical (unpaired) electrons. The number of nitrogens with zero attached hydrogens (tertiary/aromatic N) is 4. The Morgan fingerprint density at radius 2 is 1.78 bits per heavy atom. The highest BCUT2D eigenvalue weighted by molar-refractivity contribution is 5.92. The Hall–Kier alpha value is -3.42. The van der Waals surface area contributed by atoms with Crippen molar-refractivity contribution in [3.05, 3.63) is 79.9 Å². The van der Waals surface area contributed by atoms with Crippen molar-refractivity contribution < 1.29 is 4.79 Å². The van der Waals surface area contributed by atoms with Gasteiger partial charge in [-0.2, -0.15) is 5.10 Å². The minimum absolute atomic E-state index is 0.0513. The predicted molar refractivity (Wildman–Crippen MR) is 122 cm³/mol. The number of nitrogens with one attached hydrogen (secondary N) is 1. The molecule has 2 aromatic heterocycles. The predicted octanol–water partition coefficient (Wildman–Crippen LogP) is 2.37. The molecule has 1 atom stereocenters. The van der Waals surface area contributed by atoms with E-state index in [-0.39, 0.29) is 17.2 Å². The number of carbonyl (C=O) groups is 1. The average Bonchev–Trinajstić information content (AvgIpc) is 3.19. The van der Waals surface area contributed by atoms with E-state index in [1.54, 1.807) is 6.20 Å². The number of hydrogen-bond acceptors (Lipinski definition) is 4. The standard InChI is InChI=1S/C24H29N5O3/c1-24(2,3)15-9-11-16(12-10-15)29-19-8-6-7-18(17(19)14-25-29)26-22(31)20-13-21(30)28(5)23(32)27(20)4/h9-14,18H,6-8H2,1-5H3,(H,26,31). The van der Waals surface area contributed by atoms with Gasteiger partial charge in [0.05, 0.1) is 17.9 Å². The maximum atomic E-state index is 12.9. The van der Waals surface area contributed by atoms with Crippen LogP contribution < -0.4 is 16.6 Å². The molecule has 0 bridgehead atoms. The van der Waals surface area contributed by atoms with Crippen LogP contribution in [0.5, 0.6) is 0 Å². The van der Waals surface area contributed by atoms with Crippen LogP contribution >= 0.6 is 0 Å². The zero-order valence-electron chi connectivity index (χ0n) is 19.2. The van der Waals surface area contributed by atoms with Crippen molar-refractivity contribution in [1.29, 1.82) is 0 Å². The van der Waals surface area contributed by atoms with Crippen molar-refractivity contribution in [2.45, 2.75) is 51.5 Å². The summed E-state index contributed by atoms with van der Waals surface area (Å²) in [7, 11) is 2.88. The minimum Gasteiger partial charge on any atom is -0.344 e. The van der Waals surface area contributed by atoms with Gasteiger partial charge in [0, 0.05) is 31.4 Å². The van der Waals surface area contributed by atoms with E-state index in [1.807, 2.05) is 4.68 Å². The van der Waals surface area contributed by atoms with E-state index in [9.17, 15) is 14.4 Å². The first kappa shape index (κ1) is 21.8. The van der Waals surface area contributed by atoms with Crippen LogP contribution in [0.4, 0.5) is 0 Å². The van der Waals surface area contributed by atoms with Gasteiger partial charge in [-0.3, -0.25) is 18.7 Å². The number of fused-ring (bicyclic) bond motifs is 1. The topological polar surface area (TPSA) is 90.9 Å². The van der Waals surface area contributed by atoms with Crippen molar-refractivity contribution in [3.63, 3.8) is 0 Å². The number of rotatable bonds is 3. The maximum absolute atomic E-state index is 12.9. The van der Waals surface area contributed by atoms with E-state index in [4.69, 9.17) is 0 Å². The summed E-state index contributed by atoms with van der Waals surface area (Å²) in [5.74, 6) is -0.442. The summed E-state index contributed by atoms with van der Waals surface area (Å²) in [6.45, 7) is 6.55. The largest absolute Gasteiger partial charge is 0.344 e. The van der Waals surface area contributed by atoms with Crippen LogP contribution in [0.2, 0.25) is 0 Å². The lowest BCUT2D eigenvalue weighted by Crippen LogP contribution is -2.42. The lowest BCUT2D eigenvalue weighted by atomic mass is 9.87. The fourth-order valence-corrected chi connectivity index (χ4v) is 4.21. The second-order valence-electron chi connectivity index (χ2n) is 9.44. The first-order chi connectivity index (χ1) is 15.1. The van der Waals surface area contributed by atoms with Crippen molar-refractivity contribution in [1.82, 2.24) is 24.2 Å². The molecule has 1 amide bonds. The minimum atomic E-state index is -0.529. The van der Waals surface area contributed by atoms with Gasteiger partial charge in [-0.25, -0.2) is 9.48 Å². The molecule has 0 fully saturated rings. The van der Waals surface area contributed by atoms with Crippen molar-refractivity contribution in [3.8, 4) is 5.69 Å². The molecular formula is C24H29N5O3. The van der Waals surface area contributed by atoms with Gasteiger partial charge in [-0.15, -0.1) is 0 Å². The fraction of sp³-hybridized carbons (Fsp3) is 0.417. The number of hydrogen-bond donors (Lipinski definition) is 1. The van der Waals surface area contributed by atoms with E-state index in [1.165, 1.54) is 30.3 Å². The Morgan fingerprint density at radius 1 is 1.09 bits per heavy atom. The zero-order chi connectivity index (χ0) is 23.2. The van der Waals surface area contributed by atoms with Crippen LogP contribution in [0.25, 0.3) is 5.69 Å². The van der Waals surface area contributed by atoms with Gasteiger partial charge in [0.2, 0.25) is 0 Å². The molecule has 1 unspecified atom stereocenters. The molecule has 32 heavy (non-hydrogen) atoms. The molecule has 0 spiro atoms. The smallest absolute Gasteiger partial charge is 0.331 e. The van der Waals surface area contributed by atoms with Crippen LogP contribution in [-0.4, -0.2) is 24.8 Å². The summed E-state index contributed by atoms with van der Waals surface area (Å²) in [5.41, 5.74) is 3.38. The molecule has 2 heterocycles. The fourth-order valence-electron chi connectivity index (χ4n) is 4.21. The quantitative estimate of drug-likeness (QED) is 0.684. The van der Waals surface area contributed by atoms with Crippen LogP contribution in [0.15, 0.2) is 46.1 Å². The van der Waals surface area contributed by atoms with Crippen LogP contribution in [-0.2, 0) is 25.9 Å². The van der Waals surface area contributed by atoms with Gasteiger partial charge in [0.15, 0.2) is 0 Å². The third-order valence-electron chi connectivity index (χ3n) is 6.22. The van der Waals surface area contributed by atoms with Crippen molar-refractivity contribution in [2.24, 2.45) is 14.1 Å². The second-order valence-corrected chi connectivity index (χ2v) is 9.44. The van der Waals surface area contributed by atoms with Gasteiger partial charge in [-0.1, -0.05) is 32.9 Å². The van der Waals surface area contributed by atoms with Gasteiger partial charge in [-0.05, 0) is 42.4 Å². The lowest BCUT2D eigenvalue weighted by Gasteiger charge is -2.25. The summed E-state index contributed by atoms with van der Waals surface area (Å²) in [6, 6.07) is 9.37. The van der Waals surface area contributed by atoms with E-state index in [2.05, 4.69) is 55.5 Å². The monoisotopic (exact) mass is 435 g/mol. The average molecular weight is 436 g/mol. The molecular weight excluding hydrogens is 406 g/mol. The second kappa shape index (κ2) is 7.93. The highest BCUT2D eigenvalue weighted by Gasteiger charge is 2.27. The Balaban J connectivity index is 1.62. The molecule has 4 rings (SSSR count). The molecule has 1 aliphatic carbocycles. The van der Waals surface area contributed by atoms with Gasteiger partial charge < -0.3 is 5.32 Å². The molecule has 1 aromatic carbocycles. The summed E-state index contributed by atoms with van der Waals surface area (Å²) in [6.07, 6.45) is 4.35. The molecule has 3 aromatic rings. The number of aromatic nitrogens is 4. The van der Waals surface area contributed by atoms with E-state index >= 15 is 0 Å². The molecule has 8 nitrogen and oxygen atoms in total. The molecule has 168 valence electrons. The molecule has 0 saturated heterocycles. The van der Waals surface area contributed by atoms with Gasteiger partial charge in [0.25, 0.3) is 11.5 Å². The SMILES string of the molecule is Cn1c(C(=O)NC2CCCc3c2cnn3-c2ccc(C(C)(C)C)cc2)cc(=O)n(C)c1=O. The zero-order valence-corrected chi connectivity index (χ0v) is 19.2. The first-order valence-corrected chi connectivity index (χ1v) is 10.8. The lowest BCUT2D eigenvalue weighted by molar-refractivity contribution is 0.0922.